The second-order valence-electron chi connectivity index (χ2n) is 14.9. The summed E-state index contributed by atoms with van der Waals surface area (Å²) in [7, 11) is 5.86. The SMILES string of the molecule is COC(=O)c1ccc(-c2cccc(OC)c2)cc1Nc1ccc(F)cc1.COC(=O)c1ccc(Br)cc1Nc1ccc(F)cc1.COc1cccc(-c2ccc(C(=O)O)c(Nc3ccc(F)cc3)c2)c1. The van der Waals surface area contributed by atoms with E-state index >= 15 is 0 Å². The first-order valence-corrected chi connectivity index (χ1v) is 21.9. The first-order valence-electron chi connectivity index (χ1n) is 21.1. The smallest absolute Gasteiger partial charge is 0.339 e. The normalized spacial score (nSPS) is 10.2. The van der Waals surface area contributed by atoms with E-state index in [-0.39, 0.29) is 23.0 Å². The summed E-state index contributed by atoms with van der Waals surface area (Å²) >= 11 is 3.34. The van der Waals surface area contributed by atoms with Gasteiger partial charge in [0.15, 0.2) is 0 Å². The summed E-state index contributed by atoms with van der Waals surface area (Å²) in [6.45, 7) is 0. The monoisotopic (exact) mass is 1010 g/mol. The van der Waals surface area contributed by atoms with E-state index in [1.807, 2.05) is 60.7 Å². The molecule has 0 fully saturated rings. The van der Waals surface area contributed by atoms with E-state index in [1.165, 1.54) is 50.6 Å². The van der Waals surface area contributed by atoms with Crippen LogP contribution in [-0.4, -0.2) is 51.5 Å². The highest BCUT2D eigenvalue weighted by Gasteiger charge is 2.16. The van der Waals surface area contributed by atoms with E-state index in [2.05, 4.69) is 31.9 Å². The van der Waals surface area contributed by atoms with Crippen LogP contribution < -0.4 is 25.4 Å². The standard InChI is InChI=1S/C21H18FNO3.C20H16FNO3.C14H11BrFNO2/c1-25-18-5-3-4-14(12-18)15-6-11-19(21(24)26-2)20(13-15)23-17-9-7-16(22)8-10-17;1-25-17-4-2-3-13(11-17)14-5-10-18(20(23)24)19(12-14)22-16-8-6-15(21)7-9-16;1-19-14(18)12-7-2-9(15)8-13(12)17-11-5-3-10(16)4-6-11/h3-13,23H,1-2H3;2-12,22H,1H3,(H,23,24);2-8,17H,1H3. The van der Waals surface area contributed by atoms with Crippen LogP contribution in [0.5, 0.6) is 11.5 Å². The van der Waals surface area contributed by atoms with Crippen molar-refractivity contribution in [2.75, 3.05) is 44.4 Å². The number of carbonyl (C=O) groups is 3. The van der Waals surface area contributed by atoms with E-state index in [1.54, 1.807) is 93.1 Å². The van der Waals surface area contributed by atoms with E-state index in [0.29, 0.717) is 51.0 Å². The average Bonchev–Trinajstić information content (AvgIpc) is 3.38. The van der Waals surface area contributed by atoms with Crippen molar-refractivity contribution in [3.63, 3.8) is 0 Å². The van der Waals surface area contributed by atoms with Gasteiger partial charge in [-0.1, -0.05) is 52.3 Å². The van der Waals surface area contributed by atoms with E-state index < -0.39 is 17.9 Å². The Bertz CT molecular complexity index is 3080. The fourth-order valence-corrected chi connectivity index (χ4v) is 7.07. The number of esters is 2. The minimum Gasteiger partial charge on any atom is -0.497 e. The number of aromatic carboxylic acids is 1. The van der Waals surface area contributed by atoms with Crippen LogP contribution in [0, 0.1) is 17.5 Å². The van der Waals surface area contributed by atoms with Crippen LogP contribution >= 0.6 is 15.9 Å². The maximum Gasteiger partial charge on any atom is 0.339 e. The topological polar surface area (TPSA) is 144 Å². The molecule has 0 saturated carbocycles. The number of hydrogen-bond donors (Lipinski definition) is 4. The number of anilines is 6. The largest absolute Gasteiger partial charge is 0.497 e. The van der Waals surface area contributed by atoms with Crippen molar-refractivity contribution in [2.24, 2.45) is 0 Å². The van der Waals surface area contributed by atoms with Crippen molar-refractivity contribution >= 4 is 68.0 Å². The number of benzene rings is 8. The number of carboxylic acid groups (broad SMARTS) is 1. The van der Waals surface area contributed by atoms with Crippen LogP contribution in [0.15, 0.2) is 180 Å². The molecule has 0 atom stereocenters. The van der Waals surface area contributed by atoms with Gasteiger partial charge >= 0.3 is 17.9 Å². The molecule has 0 radical (unpaired) electrons. The predicted molar refractivity (Wildman–Crippen MR) is 270 cm³/mol. The number of ether oxygens (including phenoxy) is 4. The average molecular weight is 1010 g/mol. The highest BCUT2D eigenvalue weighted by atomic mass is 79.9. The molecule has 70 heavy (non-hydrogen) atoms. The lowest BCUT2D eigenvalue weighted by Gasteiger charge is -2.13. The van der Waals surface area contributed by atoms with Crippen molar-refractivity contribution in [1.29, 1.82) is 0 Å². The highest BCUT2D eigenvalue weighted by Crippen LogP contribution is 2.33. The van der Waals surface area contributed by atoms with E-state index in [9.17, 15) is 32.7 Å². The Balaban J connectivity index is 0.000000174. The van der Waals surface area contributed by atoms with Gasteiger partial charge in [-0.3, -0.25) is 0 Å². The zero-order valence-corrected chi connectivity index (χ0v) is 39.6. The second-order valence-corrected chi connectivity index (χ2v) is 15.8. The second kappa shape index (κ2) is 24.5. The van der Waals surface area contributed by atoms with E-state index in [4.69, 9.17) is 18.9 Å². The van der Waals surface area contributed by atoms with Gasteiger partial charge in [0.05, 0.1) is 62.2 Å². The third-order valence-electron chi connectivity index (χ3n) is 10.2. The number of rotatable bonds is 13. The van der Waals surface area contributed by atoms with Gasteiger partial charge in [0.1, 0.15) is 29.0 Å². The molecule has 0 aromatic heterocycles. The molecule has 8 rings (SSSR count). The van der Waals surface area contributed by atoms with Gasteiger partial charge in [0.25, 0.3) is 0 Å². The molecule has 8 aromatic rings. The molecule has 8 aromatic carbocycles. The highest BCUT2D eigenvalue weighted by molar-refractivity contribution is 9.10. The van der Waals surface area contributed by atoms with Crippen LogP contribution in [0.3, 0.4) is 0 Å². The molecular weight excluding hydrogens is 968 g/mol. The Kier molecular flexibility index (Phi) is 17.8. The Morgan fingerprint density at radius 3 is 1.14 bits per heavy atom. The molecule has 0 heterocycles. The molecule has 0 spiro atoms. The van der Waals surface area contributed by atoms with Crippen molar-refractivity contribution in [3.05, 3.63) is 215 Å². The lowest BCUT2D eigenvalue weighted by Crippen LogP contribution is -2.06. The minimum atomic E-state index is -1.04. The summed E-state index contributed by atoms with van der Waals surface area (Å²) in [6.07, 6.45) is 0. The lowest BCUT2D eigenvalue weighted by molar-refractivity contribution is 0.0593. The van der Waals surface area contributed by atoms with Crippen LogP contribution in [0.2, 0.25) is 0 Å². The van der Waals surface area contributed by atoms with Crippen molar-refractivity contribution in [3.8, 4) is 33.8 Å². The lowest BCUT2D eigenvalue weighted by atomic mass is 10.0. The molecule has 11 nitrogen and oxygen atoms in total. The summed E-state index contributed by atoms with van der Waals surface area (Å²) in [4.78, 5) is 35.2. The van der Waals surface area contributed by atoms with Gasteiger partial charge in [-0.2, -0.15) is 0 Å². The van der Waals surface area contributed by atoms with Crippen LogP contribution in [0.25, 0.3) is 22.3 Å². The molecular formula is C55H45BrF3N3O8. The third kappa shape index (κ3) is 14.0. The van der Waals surface area contributed by atoms with E-state index in [0.717, 1.165) is 32.5 Å². The number of carboxylic acids is 1. The summed E-state index contributed by atoms with van der Waals surface area (Å²) in [5.74, 6) is -1.46. The summed E-state index contributed by atoms with van der Waals surface area (Å²) in [5.41, 5.74) is 8.08. The Labute approximate surface area is 410 Å². The first-order chi connectivity index (χ1) is 33.8. The number of hydrogen-bond acceptors (Lipinski definition) is 10. The molecule has 0 aliphatic heterocycles. The van der Waals surface area contributed by atoms with Gasteiger partial charge in [0.2, 0.25) is 0 Å². The number of nitrogens with one attached hydrogen (secondary N) is 3. The van der Waals surface area contributed by atoms with Gasteiger partial charge < -0.3 is 40.0 Å². The number of methoxy groups -OCH3 is 4. The third-order valence-corrected chi connectivity index (χ3v) is 10.7. The maximum atomic E-state index is 13.1. The number of halogens is 4. The fraction of sp³-hybridized carbons (Fsp3) is 0.0727. The molecule has 4 N–H and O–H groups in total. The molecule has 0 aliphatic rings. The van der Waals surface area contributed by atoms with Gasteiger partial charge in [-0.15, -0.1) is 0 Å². The molecule has 0 saturated heterocycles. The summed E-state index contributed by atoms with van der Waals surface area (Å²) < 4.78 is 59.9. The van der Waals surface area contributed by atoms with Crippen molar-refractivity contribution in [1.82, 2.24) is 0 Å². The van der Waals surface area contributed by atoms with Gasteiger partial charge in [0, 0.05) is 21.5 Å². The van der Waals surface area contributed by atoms with Crippen LogP contribution in [0.4, 0.5) is 47.3 Å². The quantitative estimate of drug-likeness (QED) is 0.0819. The Morgan fingerprint density at radius 2 is 0.771 bits per heavy atom. The molecule has 356 valence electrons. The van der Waals surface area contributed by atoms with Gasteiger partial charge in [-0.05, 0) is 162 Å². The zero-order chi connectivity index (χ0) is 50.2. The summed E-state index contributed by atoms with van der Waals surface area (Å²) in [5, 5.41) is 18.7. The molecule has 0 amide bonds. The fourth-order valence-electron chi connectivity index (χ4n) is 6.71. The minimum absolute atomic E-state index is 0.135. The molecule has 0 bridgehead atoms. The maximum absolute atomic E-state index is 13.1. The van der Waals surface area contributed by atoms with Crippen LogP contribution in [0.1, 0.15) is 31.1 Å². The number of carbonyl (C=O) groups excluding carboxylic acids is 2. The molecule has 15 heteroatoms. The predicted octanol–water partition coefficient (Wildman–Crippen LogP) is 14.1. The Morgan fingerprint density at radius 1 is 0.429 bits per heavy atom. The van der Waals surface area contributed by atoms with Crippen molar-refractivity contribution in [2.45, 2.75) is 0 Å². The first kappa shape index (κ1) is 50.8. The van der Waals surface area contributed by atoms with Gasteiger partial charge in [-0.25, -0.2) is 27.6 Å². The van der Waals surface area contributed by atoms with Crippen LogP contribution in [-0.2, 0) is 9.47 Å². The zero-order valence-electron chi connectivity index (χ0n) is 38.1. The van der Waals surface area contributed by atoms with Crippen molar-refractivity contribution < 1.29 is 51.6 Å². The Hall–Kier alpha value is -8.56. The summed E-state index contributed by atoms with van der Waals surface area (Å²) in [6, 6.07) is 48.3. The molecule has 0 aliphatic carbocycles. The molecule has 0 unspecified atom stereocenters.